The number of benzene rings is 1. The summed E-state index contributed by atoms with van der Waals surface area (Å²) in [7, 11) is 1.69. The molecule has 0 aliphatic carbocycles. The molecule has 1 aromatic carbocycles. The third-order valence-corrected chi connectivity index (χ3v) is 5.97. The van der Waals surface area contributed by atoms with Gasteiger partial charge in [-0.2, -0.15) is 0 Å². The number of methoxy groups -OCH3 is 1. The lowest BCUT2D eigenvalue weighted by molar-refractivity contribution is 0.419. The number of fused-ring (bicyclic) bond motifs is 2. The molecule has 0 bridgehead atoms. The zero-order chi connectivity index (χ0) is 18.4. The maximum Gasteiger partial charge on any atom is 0.186 e. The molecule has 0 atom stereocenters. The van der Waals surface area contributed by atoms with Gasteiger partial charge in [-0.25, -0.2) is 14.5 Å². The van der Waals surface area contributed by atoms with Gasteiger partial charge in [0.05, 0.1) is 23.7 Å². The van der Waals surface area contributed by atoms with Gasteiger partial charge in [-0.05, 0) is 31.2 Å². The molecule has 5 rings (SSSR count). The monoisotopic (exact) mass is 380 g/mol. The van der Waals surface area contributed by atoms with Gasteiger partial charge < -0.3 is 14.5 Å². The number of para-hydroxylation sites is 1. The number of thiazole rings is 1. The highest BCUT2D eigenvalue weighted by molar-refractivity contribution is 7.22. The van der Waals surface area contributed by atoms with E-state index >= 15 is 0 Å². The number of nitrogens with zero attached hydrogens (tertiary/aromatic N) is 6. The minimum atomic E-state index is 0.835. The van der Waals surface area contributed by atoms with Gasteiger partial charge in [0.15, 0.2) is 10.8 Å². The van der Waals surface area contributed by atoms with Crippen LogP contribution in [-0.4, -0.2) is 52.9 Å². The Labute approximate surface area is 160 Å². The van der Waals surface area contributed by atoms with Gasteiger partial charge in [0.1, 0.15) is 17.1 Å². The molecule has 0 radical (unpaired) electrons. The Kier molecular flexibility index (Phi) is 3.86. The Balaban J connectivity index is 1.34. The Bertz CT molecular complexity index is 1110. The van der Waals surface area contributed by atoms with Crippen molar-refractivity contribution >= 4 is 38.2 Å². The molecule has 3 aromatic heterocycles. The average Bonchev–Trinajstić information content (AvgIpc) is 3.29. The molecule has 0 spiro atoms. The average molecular weight is 380 g/mol. The molecular weight excluding hydrogens is 360 g/mol. The molecule has 4 heterocycles. The van der Waals surface area contributed by atoms with Gasteiger partial charge in [0.2, 0.25) is 0 Å². The summed E-state index contributed by atoms with van der Waals surface area (Å²) in [5, 5.41) is 5.77. The van der Waals surface area contributed by atoms with Crippen molar-refractivity contribution in [3.05, 3.63) is 42.2 Å². The van der Waals surface area contributed by atoms with E-state index in [1.165, 1.54) is 0 Å². The minimum absolute atomic E-state index is 0.835. The molecule has 7 nitrogen and oxygen atoms in total. The van der Waals surface area contributed by atoms with Crippen molar-refractivity contribution in [2.24, 2.45) is 0 Å². The van der Waals surface area contributed by atoms with E-state index in [1.807, 2.05) is 35.8 Å². The lowest BCUT2D eigenvalue weighted by Gasteiger charge is -2.35. The number of ether oxygens (including phenoxy) is 1. The van der Waals surface area contributed by atoms with E-state index < -0.39 is 0 Å². The number of hydrogen-bond acceptors (Lipinski definition) is 7. The molecule has 0 N–H and O–H groups in total. The van der Waals surface area contributed by atoms with Crippen LogP contribution in [0.15, 0.2) is 36.5 Å². The van der Waals surface area contributed by atoms with Crippen molar-refractivity contribution in [1.82, 2.24) is 19.6 Å². The van der Waals surface area contributed by atoms with Crippen molar-refractivity contribution in [3.63, 3.8) is 0 Å². The summed E-state index contributed by atoms with van der Waals surface area (Å²) in [4.78, 5) is 13.9. The van der Waals surface area contributed by atoms with Crippen LogP contribution in [0.5, 0.6) is 5.75 Å². The van der Waals surface area contributed by atoms with Crippen LogP contribution in [0.4, 0.5) is 10.9 Å². The summed E-state index contributed by atoms with van der Waals surface area (Å²) in [6, 6.07) is 10.2. The summed E-state index contributed by atoms with van der Waals surface area (Å²) in [5.41, 5.74) is 2.82. The number of hydrogen-bond donors (Lipinski definition) is 0. The third kappa shape index (κ3) is 2.86. The minimum Gasteiger partial charge on any atom is -0.494 e. The number of rotatable bonds is 3. The van der Waals surface area contributed by atoms with Crippen molar-refractivity contribution in [3.8, 4) is 5.75 Å². The van der Waals surface area contributed by atoms with E-state index in [-0.39, 0.29) is 0 Å². The van der Waals surface area contributed by atoms with Crippen LogP contribution in [0.2, 0.25) is 0 Å². The Morgan fingerprint density at radius 3 is 2.63 bits per heavy atom. The first-order valence-corrected chi connectivity index (χ1v) is 9.79. The number of aryl methyl sites for hydroxylation is 1. The number of piperazine rings is 1. The lowest BCUT2D eigenvalue weighted by atomic mass is 10.3. The summed E-state index contributed by atoms with van der Waals surface area (Å²) in [6.07, 6.45) is 1.96. The summed E-state index contributed by atoms with van der Waals surface area (Å²) < 4.78 is 8.46. The van der Waals surface area contributed by atoms with Gasteiger partial charge in [-0.1, -0.05) is 17.4 Å². The first-order chi connectivity index (χ1) is 13.2. The fourth-order valence-corrected chi connectivity index (χ4v) is 4.53. The molecule has 0 amide bonds. The molecule has 0 unspecified atom stereocenters. The van der Waals surface area contributed by atoms with Crippen LogP contribution in [0, 0.1) is 6.92 Å². The Hall–Kier alpha value is -2.87. The van der Waals surface area contributed by atoms with Crippen LogP contribution in [0.1, 0.15) is 5.69 Å². The normalized spacial score (nSPS) is 15.0. The van der Waals surface area contributed by atoms with E-state index in [1.54, 1.807) is 18.4 Å². The molecule has 4 aromatic rings. The molecule has 1 fully saturated rings. The highest BCUT2D eigenvalue weighted by atomic mass is 32.1. The van der Waals surface area contributed by atoms with Crippen molar-refractivity contribution < 1.29 is 4.74 Å². The second-order valence-electron chi connectivity index (χ2n) is 6.65. The lowest BCUT2D eigenvalue weighted by Crippen LogP contribution is -2.46. The van der Waals surface area contributed by atoms with Crippen LogP contribution in [0.25, 0.3) is 15.9 Å². The molecule has 8 heteroatoms. The highest BCUT2D eigenvalue weighted by Crippen LogP contribution is 2.34. The van der Waals surface area contributed by atoms with Crippen molar-refractivity contribution in [2.45, 2.75) is 6.92 Å². The first-order valence-electron chi connectivity index (χ1n) is 8.98. The SMILES string of the molecule is COc1cccc2sc(N3CCN(c4ccc5nc(C)cn5n4)CC3)nc12. The molecular formula is C19H20N6OS. The van der Waals surface area contributed by atoms with E-state index in [2.05, 4.69) is 26.9 Å². The highest BCUT2D eigenvalue weighted by Gasteiger charge is 2.22. The summed E-state index contributed by atoms with van der Waals surface area (Å²) in [6.45, 7) is 5.66. The molecule has 1 saturated heterocycles. The number of imidazole rings is 1. The van der Waals surface area contributed by atoms with Crippen LogP contribution in [0.3, 0.4) is 0 Å². The van der Waals surface area contributed by atoms with Crippen LogP contribution in [-0.2, 0) is 0 Å². The predicted molar refractivity (Wildman–Crippen MR) is 108 cm³/mol. The van der Waals surface area contributed by atoms with E-state index in [0.29, 0.717) is 0 Å². The molecule has 138 valence electrons. The van der Waals surface area contributed by atoms with Gasteiger partial charge in [0.25, 0.3) is 0 Å². The van der Waals surface area contributed by atoms with Gasteiger partial charge in [-0.3, -0.25) is 0 Å². The molecule has 1 aliphatic rings. The first kappa shape index (κ1) is 16.3. The van der Waals surface area contributed by atoms with Gasteiger partial charge >= 0.3 is 0 Å². The van der Waals surface area contributed by atoms with Crippen LogP contribution < -0.4 is 14.5 Å². The maximum atomic E-state index is 5.44. The molecule has 1 aliphatic heterocycles. The largest absolute Gasteiger partial charge is 0.494 e. The number of aromatic nitrogens is 4. The van der Waals surface area contributed by atoms with Gasteiger partial charge in [-0.15, -0.1) is 5.10 Å². The van der Waals surface area contributed by atoms with Crippen LogP contribution >= 0.6 is 11.3 Å². The maximum absolute atomic E-state index is 5.44. The second kappa shape index (κ2) is 6.38. The zero-order valence-corrected chi connectivity index (χ0v) is 16.1. The Morgan fingerprint density at radius 1 is 1.00 bits per heavy atom. The van der Waals surface area contributed by atoms with Gasteiger partial charge in [0, 0.05) is 26.2 Å². The summed E-state index contributed by atoms with van der Waals surface area (Å²) >= 11 is 1.72. The topological polar surface area (TPSA) is 58.8 Å². The fourth-order valence-electron chi connectivity index (χ4n) is 3.50. The third-order valence-electron chi connectivity index (χ3n) is 4.89. The molecule has 0 saturated carbocycles. The smallest absolute Gasteiger partial charge is 0.186 e. The van der Waals surface area contributed by atoms with E-state index in [4.69, 9.17) is 14.8 Å². The van der Waals surface area contributed by atoms with E-state index in [9.17, 15) is 0 Å². The Morgan fingerprint density at radius 2 is 1.81 bits per heavy atom. The van der Waals surface area contributed by atoms with Crippen molar-refractivity contribution in [1.29, 1.82) is 0 Å². The second-order valence-corrected chi connectivity index (χ2v) is 7.66. The quantitative estimate of drug-likeness (QED) is 0.545. The van der Waals surface area contributed by atoms with E-state index in [0.717, 1.165) is 64.4 Å². The zero-order valence-electron chi connectivity index (χ0n) is 15.3. The fraction of sp³-hybridized carbons (Fsp3) is 0.316. The number of anilines is 2. The standard InChI is InChI=1S/C19H20N6OS/c1-13-12-25-16(20-13)6-7-17(22-25)23-8-10-24(11-9-23)19-21-18-14(26-2)4-3-5-15(18)27-19/h3-7,12H,8-11H2,1-2H3. The molecule has 27 heavy (non-hydrogen) atoms. The predicted octanol–water partition coefficient (Wildman–Crippen LogP) is 2.98. The summed E-state index contributed by atoms with van der Waals surface area (Å²) in [5.74, 6) is 1.83. The van der Waals surface area contributed by atoms with Crippen molar-refractivity contribution in [2.75, 3.05) is 43.1 Å².